The van der Waals surface area contributed by atoms with Gasteiger partial charge in [-0.1, -0.05) is 11.6 Å². The number of amides is 2. The Balaban J connectivity index is 2.07. The lowest BCUT2D eigenvalue weighted by Gasteiger charge is -2.18. The standard InChI is InChI=1S/C16H23N3O2/c1-11-4-6-14(17-2)13(10-11)16(21)18-12-5-7-15(20)19(3)9-8-12/h4,6,10,12,17H,5,7-9H2,1-3H3,(H,18,21). The van der Waals surface area contributed by atoms with Gasteiger partial charge in [-0.05, 0) is 31.9 Å². The van der Waals surface area contributed by atoms with E-state index in [1.807, 2.05) is 32.2 Å². The highest BCUT2D eigenvalue weighted by atomic mass is 16.2. The first-order chi connectivity index (χ1) is 10.0. The van der Waals surface area contributed by atoms with Crippen LogP contribution in [0.2, 0.25) is 0 Å². The van der Waals surface area contributed by atoms with Crippen LogP contribution in [-0.2, 0) is 4.79 Å². The number of benzene rings is 1. The van der Waals surface area contributed by atoms with E-state index in [0.717, 1.165) is 17.7 Å². The van der Waals surface area contributed by atoms with Crippen LogP contribution in [0.15, 0.2) is 18.2 Å². The van der Waals surface area contributed by atoms with E-state index < -0.39 is 0 Å². The van der Waals surface area contributed by atoms with Gasteiger partial charge in [0.15, 0.2) is 0 Å². The van der Waals surface area contributed by atoms with Gasteiger partial charge in [-0.2, -0.15) is 0 Å². The molecule has 0 radical (unpaired) electrons. The molecule has 21 heavy (non-hydrogen) atoms. The fourth-order valence-electron chi connectivity index (χ4n) is 2.58. The van der Waals surface area contributed by atoms with Crippen LogP contribution in [0, 0.1) is 6.92 Å². The number of carbonyl (C=O) groups excluding carboxylic acids is 2. The van der Waals surface area contributed by atoms with E-state index in [1.165, 1.54) is 0 Å². The van der Waals surface area contributed by atoms with Crippen molar-refractivity contribution in [3.05, 3.63) is 29.3 Å². The highest BCUT2D eigenvalue weighted by Gasteiger charge is 2.22. The van der Waals surface area contributed by atoms with E-state index in [4.69, 9.17) is 0 Å². The second-order valence-electron chi connectivity index (χ2n) is 5.61. The van der Waals surface area contributed by atoms with E-state index in [-0.39, 0.29) is 17.9 Å². The Morgan fingerprint density at radius 3 is 2.81 bits per heavy atom. The smallest absolute Gasteiger partial charge is 0.253 e. The second kappa shape index (κ2) is 6.61. The summed E-state index contributed by atoms with van der Waals surface area (Å²) in [5, 5.41) is 6.10. The van der Waals surface area contributed by atoms with Gasteiger partial charge < -0.3 is 15.5 Å². The summed E-state index contributed by atoms with van der Waals surface area (Å²) in [5.74, 6) is 0.0725. The van der Waals surface area contributed by atoms with Crippen LogP contribution in [0.4, 0.5) is 5.69 Å². The summed E-state index contributed by atoms with van der Waals surface area (Å²) < 4.78 is 0. The molecule has 1 atom stereocenters. The number of rotatable bonds is 3. The summed E-state index contributed by atoms with van der Waals surface area (Å²) in [7, 11) is 3.62. The number of hydrogen-bond acceptors (Lipinski definition) is 3. The highest BCUT2D eigenvalue weighted by molar-refractivity contribution is 6.00. The molecule has 114 valence electrons. The van der Waals surface area contributed by atoms with Crippen molar-refractivity contribution < 1.29 is 9.59 Å². The maximum absolute atomic E-state index is 12.5. The quantitative estimate of drug-likeness (QED) is 0.891. The van der Waals surface area contributed by atoms with Gasteiger partial charge in [0.1, 0.15) is 0 Å². The van der Waals surface area contributed by atoms with Crippen molar-refractivity contribution in [1.29, 1.82) is 0 Å². The van der Waals surface area contributed by atoms with Crippen LogP contribution >= 0.6 is 0 Å². The lowest BCUT2D eigenvalue weighted by Crippen LogP contribution is -2.35. The van der Waals surface area contributed by atoms with Gasteiger partial charge in [0.25, 0.3) is 5.91 Å². The Morgan fingerprint density at radius 2 is 2.10 bits per heavy atom. The molecule has 0 spiro atoms. The third-order valence-corrected chi connectivity index (χ3v) is 3.97. The topological polar surface area (TPSA) is 61.4 Å². The number of aryl methyl sites for hydroxylation is 1. The van der Waals surface area contributed by atoms with E-state index in [9.17, 15) is 9.59 Å². The second-order valence-corrected chi connectivity index (χ2v) is 5.61. The largest absolute Gasteiger partial charge is 0.387 e. The molecule has 1 heterocycles. The molecular weight excluding hydrogens is 266 g/mol. The number of nitrogens with zero attached hydrogens (tertiary/aromatic N) is 1. The van der Waals surface area contributed by atoms with Gasteiger partial charge >= 0.3 is 0 Å². The molecule has 1 saturated heterocycles. The van der Waals surface area contributed by atoms with E-state index in [1.54, 1.807) is 11.9 Å². The predicted octanol–water partition coefficient (Wildman–Crippen LogP) is 1.78. The molecule has 0 bridgehead atoms. The highest BCUT2D eigenvalue weighted by Crippen LogP contribution is 2.18. The Hall–Kier alpha value is -2.04. The number of carbonyl (C=O) groups is 2. The van der Waals surface area contributed by atoms with Crippen LogP contribution in [0.3, 0.4) is 0 Å². The molecule has 2 rings (SSSR count). The SMILES string of the molecule is CNc1ccc(C)cc1C(=O)NC1CCC(=O)N(C)CC1. The van der Waals surface area contributed by atoms with E-state index >= 15 is 0 Å². The molecule has 0 saturated carbocycles. The lowest BCUT2D eigenvalue weighted by molar-refractivity contribution is -0.129. The molecule has 5 heteroatoms. The molecule has 5 nitrogen and oxygen atoms in total. The van der Waals surface area contributed by atoms with Crippen molar-refractivity contribution in [1.82, 2.24) is 10.2 Å². The number of nitrogens with one attached hydrogen (secondary N) is 2. The molecule has 1 aromatic rings. The Kier molecular flexibility index (Phi) is 4.83. The molecule has 0 aromatic heterocycles. The van der Waals surface area contributed by atoms with Crippen LogP contribution in [0.5, 0.6) is 0 Å². The van der Waals surface area contributed by atoms with Crippen molar-refractivity contribution in [3.63, 3.8) is 0 Å². The summed E-state index contributed by atoms with van der Waals surface area (Å²) >= 11 is 0. The maximum Gasteiger partial charge on any atom is 0.253 e. The van der Waals surface area contributed by atoms with Gasteiger partial charge in [-0.15, -0.1) is 0 Å². The Morgan fingerprint density at radius 1 is 1.33 bits per heavy atom. The van der Waals surface area contributed by atoms with Crippen LogP contribution in [0.1, 0.15) is 35.2 Å². The normalized spacial score (nSPS) is 19.1. The predicted molar refractivity (Wildman–Crippen MR) is 83.5 cm³/mol. The summed E-state index contributed by atoms with van der Waals surface area (Å²) in [6.07, 6.45) is 2.00. The average molecular weight is 289 g/mol. The lowest BCUT2D eigenvalue weighted by atomic mass is 10.1. The number of hydrogen-bond donors (Lipinski definition) is 2. The molecular formula is C16H23N3O2. The van der Waals surface area contributed by atoms with E-state index in [2.05, 4.69) is 10.6 Å². The first-order valence-electron chi connectivity index (χ1n) is 7.34. The van der Waals surface area contributed by atoms with Gasteiger partial charge in [0.2, 0.25) is 5.91 Å². The molecule has 1 fully saturated rings. The van der Waals surface area contributed by atoms with Gasteiger partial charge in [-0.25, -0.2) is 0 Å². The molecule has 1 aromatic carbocycles. The number of anilines is 1. The van der Waals surface area contributed by atoms with E-state index in [0.29, 0.717) is 24.9 Å². The minimum absolute atomic E-state index is 0.0524. The number of likely N-dealkylation sites (tertiary alicyclic amines) is 1. The fraction of sp³-hybridized carbons (Fsp3) is 0.500. The van der Waals surface area contributed by atoms with Crippen LogP contribution in [-0.4, -0.2) is 43.4 Å². The summed E-state index contributed by atoms with van der Waals surface area (Å²) in [5.41, 5.74) is 2.52. The molecule has 0 aliphatic carbocycles. The van der Waals surface area contributed by atoms with Gasteiger partial charge in [0.05, 0.1) is 5.56 Å². The van der Waals surface area contributed by atoms with Crippen molar-refractivity contribution in [2.45, 2.75) is 32.2 Å². The first-order valence-corrected chi connectivity index (χ1v) is 7.34. The van der Waals surface area contributed by atoms with Gasteiger partial charge in [0, 0.05) is 38.8 Å². The molecule has 2 amide bonds. The van der Waals surface area contributed by atoms with Gasteiger partial charge in [-0.3, -0.25) is 9.59 Å². The van der Waals surface area contributed by atoms with Crippen molar-refractivity contribution >= 4 is 17.5 Å². The third kappa shape index (κ3) is 3.74. The molecule has 2 N–H and O–H groups in total. The van der Waals surface area contributed by atoms with Crippen molar-refractivity contribution in [2.24, 2.45) is 0 Å². The maximum atomic E-state index is 12.5. The molecule has 1 unspecified atom stereocenters. The van der Waals surface area contributed by atoms with Crippen molar-refractivity contribution in [2.75, 3.05) is 26.0 Å². The minimum atomic E-state index is -0.0787. The third-order valence-electron chi connectivity index (χ3n) is 3.97. The Bertz CT molecular complexity index is 542. The summed E-state index contributed by atoms with van der Waals surface area (Å²) in [4.78, 5) is 25.9. The minimum Gasteiger partial charge on any atom is -0.387 e. The van der Waals surface area contributed by atoms with Crippen molar-refractivity contribution in [3.8, 4) is 0 Å². The summed E-state index contributed by atoms with van der Waals surface area (Å²) in [6, 6.07) is 5.82. The average Bonchev–Trinajstić information content (AvgIpc) is 2.63. The molecule has 1 aliphatic rings. The zero-order valence-electron chi connectivity index (χ0n) is 12.9. The van der Waals surface area contributed by atoms with Crippen LogP contribution in [0.25, 0.3) is 0 Å². The zero-order chi connectivity index (χ0) is 15.4. The first kappa shape index (κ1) is 15.4. The fourth-order valence-corrected chi connectivity index (χ4v) is 2.58. The molecule has 1 aliphatic heterocycles. The Labute approximate surface area is 125 Å². The zero-order valence-corrected chi connectivity index (χ0v) is 12.9. The van der Waals surface area contributed by atoms with Crippen LogP contribution < -0.4 is 10.6 Å². The summed E-state index contributed by atoms with van der Waals surface area (Å²) in [6.45, 7) is 2.66. The monoisotopic (exact) mass is 289 g/mol.